The molecule has 1 saturated heterocycles. The summed E-state index contributed by atoms with van der Waals surface area (Å²) in [7, 11) is 0. The molecule has 1 aliphatic rings. The van der Waals surface area contributed by atoms with Gasteiger partial charge in [-0.3, -0.25) is 4.79 Å². The van der Waals surface area contributed by atoms with Gasteiger partial charge in [0.1, 0.15) is 0 Å². The highest BCUT2D eigenvalue weighted by atomic mass is 16.1. The summed E-state index contributed by atoms with van der Waals surface area (Å²) in [5.74, 6) is 2.76. The van der Waals surface area contributed by atoms with Crippen LogP contribution < -0.4 is 10.6 Å². The molecule has 1 unspecified atom stereocenters. The zero-order valence-electron chi connectivity index (χ0n) is 9.93. The van der Waals surface area contributed by atoms with Crippen molar-refractivity contribution in [2.45, 2.75) is 51.0 Å². The fraction of sp³-hybridized carbons (Fsp3) is 0.769. The molecule has 16 heavy (non-hydrogen) atoms. The normalized spacial score (nSPS) is 20.8. The predicted molar refractivity (Wildman–Crippen MR) is 66.0 cm³/mol. The van der Waals surface area contributed by atoms with Crippen molar-refractivity contribution in [3.8, 4) is 12.3 Å². The van der Waals surface area contributed by atoms with Crippen LogP contribution in [-0.4, -0.2) is 25.0 Å². The summed E-state index contributed by atoms with van der Waals surface area (Å²) in [4.78, 5) is 11.6. The van der Waals surface area contributed by atoms with E-state index in [1.165, 1.54) is 12.8 Å². The summed E-state index contributed by atoms with van der Waals surface area (Å²) in [6.07, 6.45) is 11.9. The molecule has 3 nitrogen and oxygen atoms in total. The third-order valence-electron chi connectivity index (χ3n) is 2.89. The molecule has 0 aliphatic carbocycles. The molecule has 3 heteroatoms. The van der Waals surface area contributed by atoms with Crippen molar-refractivity contribution >= 4 is 5.91 Å². The molecule has 1 fully saturated rings. The average Bonchev–Trinajstić information content (AvgIpc) is 2.53. The van der Waals surface area contributed by atoms with E-state index in [2.05, 4.69) is 16.6 Å². The molecule has 0 bridgehead atoms. The van der Waals surface area contributed by atoms with Crippen LogP contribution in [0.2, 0.25) is 0 Å². The topological polar surface area (TPSA) is 41.1 Å². The van der Waals surface area contributed by atoms with Crippen LogP contribution in [0.4, 0.5) is 0 Å². The number of unbranched alkanes of at least 4 members (excludes halogenated alkanes) is 2. The van der Waals surface area contributed by atoms with Gasteiger partial charge < -0.3 is 10.6 Å². The van der Waals surface area contributed by atoms with E-state index in [0.717, 1.165) is 38.8 Å². The Morgan fingerprint density at radius 1 is 1.44 bits per heavy atom. The Hall–Kier alpha value is -1.01. The highest BCUT2D eigenvalue weighted by Crippen LogP contribution is 2.05. The fourth-order valence-corrected chi connectivity index (χ4v) is 1.95. The Bertz CT molecular complexity index is 237. The molecule has 1 heterocycles. The molecule has 2 N–H and O–H groups in total. The average molecular weight is 222 g/mol. The van der Waals surface area contributed by atoms with Gasteiger partial charge in [0, 0.05) is 25.4 Å². The van der Waals surface area contributed by atoms with Gasteiger partial charge in [-0.05, 0) is 32.2 Å². The number of hydrogen-bond acceptors (Lipinski definition) is 2. The third kappa shape index (κ3) is 5.77. The highest BCUT2D eigenvalue weighted by Gasteiger charge is 2.13. The number of terminal acetylenes is 1. The molecule has 1 atom stereocenters. The molecule has 1 rings (SSSR count). The maximum atomic E-state index is 11.6. The fourth-order valence-electron chi connectivity index (χ4n) is 1.95. The van der Waals surface area contributed by atoms with Gasteiger partial charge in [-0.2, -0.15) is 0 Å². The molecule has 0 aromatic rings. The van der Waals surface area contributed by atoms with Crippen molar-refractivity contribution in [2.75, 3.05) is 13.1 Å². The van der Waals surface area contributed by atoms with Crippen LogP contribution in [0.25, 0.3) is 0 Å². The van der Waals surface area contributed by atoms with Crippen molar-refractivity contribution in [2.24, 2.45) is 0 Å². The summed E-state index contributed by atoms with van der Waals surface area (Å²) in [5.41, 5.74) is 0. The minimum Gasteiger partial charge on any atom is -0.352 e. The Kier molecular flexibility index (Phi) is 6.67. The standard InChI is InChI=1S/C13H22N2O/c1-2-3-4-5-9-13(16)15-12-8-6-7-10-14-11-12/h1,12,14H,3-11H2,(H,15,16). The second-order valence-corrected chi connectivity index (χ2v) is 4.38. The van der Waals surface area contributed by atoms with Crippen LogP contribution in [0.3, 0.4) is 0 Å². The first-order valence-electron chi connectivity index (χ1n) is 6.26. The molecule has 1 amide bonds. The van der Waals surface area contributed by atoms with E-state index in [9.17, 15) is 4.79 Å². The molecule has 0 aromatic heterocycles. The van der Waals surface area contributed by atoms with Gasteiger partial charge in [-0.1, -0.05) is 6.42 Å². The molecule has 0 radical (unpaired) electrons. The van der Waals surface area contributed by atoms with E-state index in [0.29, 0.717) is 12.5 Å². The zero-order chi connectivity index (χ0) is 11.6. The molecular formula is C13H22N2O. The number of rotatable bonds is 5. The summed E-state index contributed by atoms with van der Waals surface area (Å²) in [6, 6.07) is 0.322. The lowest BCUT2D eigenvalue weighted by Crippen LogP contribution is -2.40. The lowest BCUT2D eigenvalue weighted by molar-refractivity contribution is -0.121. The quantitative estimate of drug-likeness (QED) is 0.546. The lowest BCUT2D eigenvalue weighted by Gasteiger charge is -2.16. The van der Waals surface area contributed by atoms with Crippen LogP contribution in [0.5, 0.6) is 0 Å². The third-order valence-corrected chi connectivity index (χ3v) is 2.89. The van der Waals surface area contributed by atoms with Gasteiger partial charge in [0.15, 0.2) is 0 Å². The van der Waals surface area contributed by atoms with E-state index in [1.807, 2.05) is 0 Å². The molecule has 90 valence electrons. The number of carbonyl (C=O) groups excluding carboxylic acids is 1. The summed E-state index contributed by atoms with van der Waals surface area (Å²) >= 11 is 0. The van der Waals surface area contributed by atoms with Gasteiger partial charge in [0.2, 0.25) is 5.91 Å². The van der Waals surface area contributed by atoms with Crippen LogP contribution >= 0.6 is 0 Å². The molecular weight excluding hydrogens is 200 g/mol. The van der Waals surface area contributed by atoms with Crippen molar-refractivity contribution < 1.29 is 4.79 Å². The smallest absolute Gasteiger partial charge is 0.220 e. The number of nitrogens with one attached hydrogen (secondary N) is 2. The van der Waals surface area contributed by atoms with Crippen LogP contribution in [-0.2, 0) is 4.79 Å². The van der Waals surface area contributed by atoms with E-state index in [1.54, 1.807) is 0 Å². The van der Waals surface area contributed by atoms with Crippen molar-refractivity contribution in [1.82, 2.24) is 10.6 Å². The second-order valence-electron chi connectivity index (χ2n) is 4.38. The highest BCUT2D eigenvalue weighted by molar-refractivity contribution is 5.76. The molecule has 1 aliphatic heterocycles. The Balaban J connectivity index is 2.10. The van der Waals surface area contributed by atoms with Gasteiger partial charge in [-0.25, -0.2) is 0 Å². The molecule has 0 saturated carbocycles. The van der Waals surface area contributed by atoms with Gasteiger partial charge in [0.25, 0.3) is 0 Å². The van der Waals surface area contributed by atoms with Crippen LogP contribution in [0.1, 0.15) is 44.9 Å². The molecule has 0 aromatic carbocycles. The zero-order valence-corrected chi connectivity index (χ0v) is 9.93. The summed E-state index contributed by atoms with van der Waals surface area (Å²) in [6.45, 7) is 1.99. The van der Waals surface area contributed by atoms with Gasteiger partial charge >= 0.3 is 0 Å². The first-order valence-corrected chi connectivity index (χ1v) is 6.26. The maximum absolute atomic E-state index is 11.6. The number of amides is 1. The van der Waals surface area contributed by atoms with Gasteiger partial charge in [0.05, 0.1) is 0 Å². The van der Waals surface area contributed by atoms with Crippen LogP contribution in [0.15, 0.2) is 0 Å². The Morgan fingerprint density at radius 3 is 3.12 bits per heavy atom. The lowest BCUT2D eigenvalue weighted by atomic mass is 10.1. The number of hydrogen-bond donors (Lipinski definition) is 2. The summed E-state index contributed by atoms with van der Waals surface area (Å²) in [5, 5.41) is 6.42. The van der Waals surface area contributed by atoms with E-state index >= 15 is 0 Å². The molecule has 0 spiro atoms. The van der Waals surface area contributed by atoms with E-state index in [-0.39, 0.29) is 5.91 Å². The SMILES string of the molecule is C#CCCCCC(=O)NC1CCCCNC1. The minimum atomic E-state index is 0.172. The van der Waals surface area contributed by atoms with Crippen molar-refractivity contribution in [1.29, 1.82) is 0 Å². The van der Waals surface area contributed by atoms with Crippen LogP contribution in [0, 0.1) is 12.3 Å². The first-order chi connectivity index (χ1) is 7.83. The largest absolute Gasteiger partial charge is 0.352 e. The maximum Gasteiger partial charge on any atom is 0.220 e. The second kappa shape index (κ2) is 8.18. The minimum absolute atomic E-state index is 0.172. The van der Waals surface area contributed by atoms with Crippen molar-refractivity contribution in [3.05, 3.63) is 0 Å². The van der Waals surface area contributed by atoms with E-state index < -0.39 is 0 Å². The van der Waals surface area contributed by atoms with Gasteiger partial charge in [-0.15, -0.1) is 12.3 Å². The number of carbonyl (C=O) groups is 1. The monoisotopic (exact) mass is 222 g/mol. The summed E-state index contributed by atoms with van der Waals surface area (Å²) < 4.78 is 0. The predicted octanol–water partition coefficient (Wildman–Crippen LogP) is 1.44. The first kappa shape index (κ1) is 13.1. The Morgan fingerprint density at radius 2 is 2.31 bits per heavy atom. The Labute approximate surface area is 98.4 Å². The van der Waals surface area contributed by atoms with Crippen molar-refractivity contribution in [3.63, 3.8) is 0 Å². The van der Waals surface area contributed by atoms with E-state index in [4.69, 9.17) is 6.42 Å².